The predicted octanol–water partition coefficient (Wildman–Crippen LogP) is 6.82. The van der Waals surface area contributed by atoms with Crippen LogP contribution >= 0.6 is 0 Å². The van der Waals surface area contributed by atoms with Crippen LogP contribution in [0.5, 0.6) is 0 Å². The van der Waals surface area contributed by atoms with Crippen molar-refractivity contribution in [3.05, 3.63) is 23.8 Å². The third-order valence-corrected chi connectivity index (χ3v) is 5.72. The first kappa shape index (κ1) is 32.6. The van der Waals surface area contributed by atoms with E-state index < -0.39 is 18.1 Å². The summed E-state index contributed by atoms with van der Waals surface area (Å²) in [6.07, 6.45) is 23.3. The summed E-state index contributed by atoms with van der Waals surface area (Å²) in [6.45, 7) is 2.27. The number of hydrogen-bond donors (Lipinski definition) is 4. The van der Waals surface area contributed by atoms with Crippen molar-refractivity contribution < 1.29 is 44.6 Å². The van der Waals surface area contributed by atoms with Crippen molar-refractivity contribution >= 4 is 18.1 Å². The van der Waals surface area contributed by atoms with Gasteiger partial charge in [-0.25, -0.2) is 9.59 Å². The zero-order chi connectivity index (χ0) is 26.3. The minimum atomic E-state index is -1.83. The van der Waals surface area contributed by atoms with E-state index in [0.29, 0.717) is 12.0 Å². The molecule has 0 aromatic rings. The molecular weight excluding hydrogens is 456 g/mol. The smallest absolute Gasteiger partial charge is 0.481 e. The van der Waals surface area contributed by atoms with Crippen molar-refractivity contribution in [3.63, 3.8) is 0 Å². The Bertz CT molecular complexity index is 639. The number of fused-ring (bicyclic) bond motifs is 1. The fourth-order valence-corrected chi connectivity index (χ4v) is 3.77. The first-order chi connectivity index (χ1) is 16.8. The van der Waals surface area contributed by atoms with E-state index in [4.69, 9.17) is 30.1 Å². The van der Waals surface area contributed by atoms with Gasteiger partial charge in [0.05, 0.1) is 5.57 Å². The second-order valence-electron chi connectivity index (χ2n) is 8.78. The van der Waals surface area contributed by atoms with E-state index >= 15 is 0 Å². The number of ether oxygens (including phenoxy) is 1. The van der Waals surface area contributed by atoms with Gasteiger partial charge in [-0.05, 0) is 12.5 Å². The van der Waals surface area contributed by atoms with Crippen molar-refractivity contribution in [2.75, 3.05) is 0 Å². The molecule has 1 saturated heterocycles. The lowest BCUT2D eigenvalue weighted by Crippen LogP contribution is -2.12. The molecular formula is C26H44O9. The largest absolute Gasteiger partial charge is 0.503 e. The van der Waals surface area contributed by atoms with Gasteiger partial charge in [0.1, 0.15) is 12.2 Å². The fraction of sp³-hybridized carbons (Fsp3) is 0.731. The Morgan fingerprint density at radius 1 is 0.800 bits per heavy atom. The number of allylic oxidation sites excluding steroid dienone is 2. The molecule has 4 N–H and O–H groups in total. The molecule has 202 valence electrons. The second kappa shape index (κ2) is 22.1. The number of carboxylic acid groups (broad SMARTS) is 3. The monoisotopic (exact) mass is 500 g/mol. The van der Waals surface area contributed by atoms with E-state index in [9.17, 15) is 9.59 Å². The molecule has 0 radical (unpaired) electrons. The van der Waals surface area contributed by atoms with Gasteiger partial charge in [-0.3, -0.25) is 9.68 Å². The minimum Gasteiger partial charge on any atom is -0.481 e. The Morgan fingerprint density at radius 2 is 1.23 bits per heavy atom. The first-order valence-corrected chi connectivity index (χ1v) is 12.9. The molecule has 35 heavy (non-hydrogen) atoms. The summed E-state index contributed by atoms with van der Waals surface area (Å²) in [5.41, 5.74) is 0.375. The summed E-state index contributed by atoms with van der Waals surface area (Å²) in [5.74, 6) is -1.39. The van der Waals surface area contributed by atoms with Crippen molar-refractivity contribution in [3.8, 4) is 0 Å². The molecule has 1 fully saturated rings. The van der Waals surface area contributed by atoms with Crippen LogP contribution in [0.25, 0.3) is 0 Å². The van der Waals surface area contributed by atoms with Crippen LogP contribution in [0.4, 0.5) is 4.79 Å². The molecule has 0 bridgehead atoms. The maximum absolute atomic E-state index is 10.7. The van der Waals surface area contributed by atoms with Crippen LogP contribution in [0, 0.1) is 0 Å². The molecule has 2 unspecified atom stereocenters. The average molecular weight is 501 g/mol. The summed E-state index contributed by atoms with van der Waals surface area (Å²) < 4.78 is 5.05. The predicted molar refractivity (Wildman–Crippen MR) is 132 cm³/mol. The van der Waals surface area contributed by atoms with Crippen LogP contribution in [0.3, 0.4) is 0 Å². The summed E-state index contributed by atoms with van der Waals surface area (Å²) in [5, 5.41) is 30.5. The van der Waals surface area contributed by atoms with E-state index in [0.717, 1.165) is 12.8 Å². The lowest BCUT2D eigenvalue weighted by Gasteiger charge is -2.03. The lowest BCUT2D eigenvalue weighted by molar-refractivity contribution is -0.229. The number of carbonyl (C=O) groups is 3. The summed E-state index contributed by atoms with van der Waals surface area (Å²) in [7, 11) is 0. The Kier molecular flexibility index (Phi) is 20.6. The van der Waals surface area contributed by atoms with E-state index in [1.54, 1.807) is 12.2 Å². The first-order valence-electron chi connectivity index (χ1n) is 12.9. The molecule has 1 heterocycles. The van der Waals surface area contributed by atoms with Gasteiger partial charge in [0.15, 0.2) is 0 Å². The van der Waals surface area contributed by atoms with Crippen LogP contribution < -0.4 is 0 Å². The molecule has 9 nitrogen and oxygen atoms in total. The highest BCUT2D eigenvalue weighted by Crippen LogP contribution is 2.33. The van der Waals surface area contributed by atoms with Crippen LogP contribution in [0.2, 0.25) is 0 Å². The molecule has 0 aromatic heterocycles. The van der Waals surface area contributed by atoms with Crippen molar-refractivity contribution in [1.82, 2.24) is 0 Å². The molecule has 0 spiro atoms. The number of rotatable bonds is 17. The van der Waals surface area contributed by atoms with Gasteiger partial charge in [-0.2, -0.15) is 5.26 Å². The van der Waals surface area contributed by atoms with Gasteiger partial charge in [-0.15, -0.1) is 0 Å². The molecule has 2 rings (SSSR count). The Balaban J connectivity index is 0.000000634. The van der Waals surface area contributed by atoms with Crippen LogP contribution in [0.15, 0.2) is 23.8 Å². The van der Waals surface area contributed by atoms with Crippen LogP contribution in [-0.4, -0.2) is 50.9 Å². The standard InChI is InChI=1S/C18H36O2.C7H6O4.CH2O3/c1-2-3-4-5-6-7-8-9-10-11-12-13-14-15-16-17-18(19)20;8-7(11-9)4-2-1-3-5-6(4)10-5;2-1(3)4/h2-17H2,1H3,(H,19,20);1-3,5-6,9H;(H2,2,3,4). The number of carbonyl (C=O) groups excluding carboxylic acids is 1. The Hall–Kier alpha value is -2.39. The molecule has 0 saturated carbocycles. The lowest BCUT2D eigenvalue weighted by atomic mass is 10.0. The molecule has 0 aromatic carbocycles. The Labute approximate surface area is 208 Å². The van der Waals surface area contributed by atoms with Crippen molar-refractivity contribution in [1.29, 1.82) is 0 Å². The zero-order valence-electron chi connectivity index (χ0n) is 21.0. The summed E-state index contributed by atoms with van der Waals surface area (Å²) in [4.78, 5) is 33.2. The van der Waals surface area contributed by atoms with Gasteiger partial charge >= 0.3 is 18.1 Å². The molecule has 1 aliphatic heterocycles. The quantitative estimate of drug-likeness (QED) is 0.0728. The fourth-order valence-electron chi connectivity index (χ4n) is 3.77. The van der Waals surface area contributed by atoms with E-state index in [-0.39, 0.29) is 12.2 Å². The number of carboxylic acids is 1. The van der Waals surface area contributed by atoms with Gasteiger partial charge in [0.25, 0.3) is 0 Å². The maximum Gasteiger partial charge on any atom is 0.503 e. The zero-order valence-corrected chi connectivity index (χ0v) is 21.0. The highest BCUT2D eigenvalue weighted by Gasteiger charge is 2.44. The van der Waals surface area contributed by atoms with Gasteiger partial charge in [0.2, 0.25) is 0 Å². The normalized spacial score (nSPS) is 17.0. The molecule has 9 heteroatoms. The van der Waals surface area contributed by atoms with Gasteiger partial charge in [0, 0.05) is 6.42 Å². The molecule has 2 aliphatic rings. The third kappa shape index (κ3) is 20.7. The second-order valence-corrected chi connectivity index (χ2v) is 8.78. The van der Waals surface area contributed by atoms with Crippen molar-refractivity contribution in [2.24, 2.45) is 0 Å². The average Bonchev–Trinajstić information content (AvgIpc) is 3.61. The summed E-state index contributed by atoms with van der Waals surface area (Å²) in [6, 6.07) is 0. The topological polar surface area (TPSA) is 154 Å². The number of aliphatic carboxylic acids is 1. The van der Waals surface area contributed by atoms with E-state index in [2.05, 4.69) is 11.8 Å². The highest BCUT2D eigenvalue weighted by atomic mass is 17.1. The van der Waals surface area contributed by atoms with Crippen LogP contribution in [0.1, 0.15) is 110 Å². The third-order valence-electron chi connectivity index (χ3n) is 5.72. The number of hydrogen-bond acceptors (Lipinski definition) is 6. The Morgan fingerprint density at radius 3 is 1.63 bits per heavy atom. The maximum atomic E-state index is 10.7. The van der Waals surface area contributed by atoms with E-state index in [1.807, 2.05) is 6.08 Å². The van der Waals surface area contributed by atoms with Gasteiger partial charge < -0.3 is 20.1 Å². The van der Waals surface area contributed by atoms with Crippen LogP contribution in [-0.2, 0) is 19.2 Å². The molecule has 0 amide bonds. The van der Waals surface area contributed by atoms with Gasteiger partial charge in [-0.1, -0.05) is 109 Å². The van der Waals surface area contributed by atoms with Crippen molar-refractivity contribution in [2.45, 2.75) is 122 Å². The van der Waals surface area contributed by atoms with E-state index in [1.165, 1.54) is 83.5 Å². The molecule has 2 atom stereocenters. The summed E-state index contributed by atoms with van der Waals surface area (Å²) >= 11 is 0. The number of unbranched alkanes of at least 4 members (excludes halogenated alkanes) is 14. The number of epoxide rings is 1. The highest BCUT2D eigenvalue weighted by molar-refractivity contribution is 5.90. The SMILES string of the molecule is CCCCCCCCCCCCCCCCCC(=O)O.O=C(O)O.O=C(OO)C1=CC=CC2OC12. The minimum absolute atomic E-state index is 0.00843. The molecule has 1 aliphatic carbocycles.